The van der Waals surface area contributed by atoms with E-state index in [1.54, 1.807) is 12.0 Å². The molecule has 1 amide bonds. The highest BCUT2D eigenvalue weighted by Crippen LogP contribution is 2.22. The van der Waals surface area contributed by atoms with E-state index >= 15 is 0 Å². The van der Waals surface area contributed by atoms with Crippen molar-refractivity contribution in [2.24, 2.45) is 11.7 Å². The van der Waals surface area contributed by atoms with Crippen molar-refractivity contribution >= 4 is 11.9 Å². The van der Waals surface area contributed by atoms with Crippen LogP contribution in [0, 0.1) is 5.92 Å². The summed E-state index contributed by atoms with van der Waals surface area (Å²) in [7, 11) is 1.59. The Hall–Kier alpha value is -1.14. The van der Waals surface area contributed by atoms with Crippen molar-refractivity contribution in [3.8, 4) is 0 Å². The highest BCUT2D eigenvalue weighted by molar-refractivity contribution is 5.81. The Balaban J connectivity index is 2.28. The van der Waals surface area contributed by atoms with Crippen molar-refractivity contribution in [3.05, 3.63) is 0 Å². The normalized spacial score (nSPS) is 18.3. The first kappa shape index (κ1) is 15.9. The Morgan fingerprint density at radius 1 is 1.42 bits per heavy atom. The number of piperidine rings is 1. The first-order valence-electron chi connectivity index (χ1n) is 6.79. The molecule has 1 saturated heterocycles. The van der Waals surface area contributed by atoms with Crippen LogP contribution >= 0.6 is 0 Å². The third kappa shape index (κ3) is 5.57. The Morgan fingerprint density at radius 2 is 2.05 bits per heavy atom. The SMILES string of the molecule is COCCC(N)C(=O)N1CCC(CCC(=O)O)CC1. The lowest BCUT2D eigenvalue weighted by Gasteiger charge is -2.33. The van der Waals surface area contributed by atoms with Gasteiger partial charge in [0.25, 0.3) is 0 Å². The number of hydrogen-bond donors (Lipinski definition) is 2. The van der Waals surface area contributed by atoms with Crippen LogP contribution in [0.3, 0.4) is 0 Å². The molecule has 6 heteroatoms. The molecular formula is C13H24N2O4. The molecule has 1 fully saturated rings. The molecule has 1 aliphatic rings. The average molecular weight is 272 g/mol. The predicted octanol–water partition coefficient (Wildman–Crippen LogP) is 0.454. The molecule has 110 valence electrons. The van der Waals surface area contributed by atoms with Gasteiger partial charge in [-0.3, -0.25) is 9.59 Å². The standard InChI is InChI=1S/C13H24N2O4/c1-19-9-6-11(14)13(18)15-7-4-10(5-8-15)2-3-12(16)17/h10-11H,2-9,14H2,1H3,(H,16,17). The van der Waals surface area contributed by atoms with E-state index in [0.29, 0.717) is 38.5 Å². The van der Waals surface area contributed by atoms with Crippen molar-refractivity contribution in [1.29, 1.82) is 0 Å². The van der Waals surface area contributed by atoms with E-state index in [9.17, 15) is 9.59 Å². The molecule has 1 rings (SSSR count). The van der Waals surface area contributed by atoms with Crippen LogP contribution in [0.1, 0.15) is 32.1 Å². The number of carbonyl (C=O) groups excluding carboxylic acids is 1. The smallest absolute Gasteiger partial charge is 0.303 e. The van der Waals surface area contributed by atoms with Crippen LogP contribution in [-0.4, -0.2) is 54.7 Å². The highest BCUT2D eigenvalue weighted by Gasteiger charge is 2.26. The highest BCUT2D eigenvalue weighted by atomic mass is 16.5. The maximum atomic E-state index is 12.0. The van der Waals surface area contributed by atoms with Gasteiger partial charge in [-0.1, -0.05) is 0 Å². The minimum absolute atomic E-state index is 0.0197. The van der Waals surface area contributed by atoms with Crippen LogP contribution in [-0.2, 0) is 14.3 Å². The summed E-state index contributed by atoms with van der Waals surface area (Å²) in [6.45, 7) is 1.86. The van der Waals surface area contributed by atoms with Gasteiger partial charge in [0, 0.05) is 33.2 Å². The summed E-state index contributed by atoms with van der Waals surface area (Å²) in [6.07, 6.45) is 3.19. The largest absolute Gasteiger partial charge is 0.481 e. The van der Waals surface area contributed by atoms with Crippen molar-refractivity contribution in [1.82, 2.24) is 4.90 Å². The lowest BCUT2D eigenvalue weighted by molar-refractivity contribution is -0.138. The molecule has 0 radical (unpaired) electrons. The van der Waals surface area contributed by atoms with E-state index < -0.39 is 12.0 Å². The lowest BCUT2D eigenvalue weighted by atomic mass is 9.92. The van der Waals surface area contributed by atoms with E-state index in [1.807, 2.05) is 0 Å². The number of hydrogen-bond acceptors (Lipinski definition) is 4. The van der Waals surface area contributed by atoms with Crippen molar-refractivity contribution in [3.63, 3.8) is 0 Å². The zero-order valence-corrected chi connectivity index (χ0v) is 11.5. The number of carboxylic acids is 1. The molecular weight excluding hydrogens is 248 g/mol. The van der Waals surface area contributed by atoms with Crippen molar-refractivity contribution < 1.29 is 19.4 Å². The zero-order valence-electron chi connectivity index (χ0n) is 11.5. The van der Waals surface area contributed by atoms with E-state index in [4.69, 9.17) is 15.6 Å². The minimum Gasteiger partial charge on any atom is -0.481 e. The van der Waals surface area contributed by atoms with Gasteiger partial charge in [-0.05, 0) is 31.6 Å². The maximum absolute atomic E-state index is 12.0. The summed E-state index contributed by atoms with van der Waals surface area (Å²) in [5, 5.41) is 8.65. The van der Waals surface area contributed by atoms with Gasteiger partial charge in [-0.15, -0.1) is 0 Å². The average Bonchev–Trinajstić information content (AvgIpc) is 2.42. The summed E-state index contributed by atoms with van der Waals surface area (Å²) in [6, 6.07) is -0.490. The van der Waals surface area contributed by atoms with Gasteiger partial charge < -0.3 is 20.5 Å². The fraction of sp³-hybridized carbons (Fsp3) is 0.846. The quantitative estimate of drug-likeness (QED) is 0.702. The number of amides is 1. The first-order chi connectivity index (χ1) is 9.04. The van der Waals surface area contributed by atoms with E-state index in [0.717, 1.165) is 12.8 Å². The molecule has 0 aromatic carbocycles. The summed E-state index contributed by atoms with van der Waals surface area (Å²) in [4.78, 5) is 24.3. The number of rotatable bonds is 7. The number of carboxylic acid groups (broad SMARTS) is 1. The Kier molecular flexibility index (Phi) is 6.80. The number of nitrogens with two attached hydrogens (primary N) is 1. The molecule has 19 heavy (non-hydrogen) atoms. The molecule has 1 aliphatic heterocycles. The van der Waals surface area contributed by atoms with E-state index in [1.165, 1.54) is 0 Å². The third-order valence-corrected chi connectivity index (χ3v) is 3.64. The predicted molar refractivity (Wildman–Crippen MR) is 70.6 cm³/mol. The number of ether oxygens (including phenoxy) is 1. The Labute approximate surface area is 113 Å². The van der Waals surface area contributed by atoms with Crippen LogP contribution in [0.25, 0.3) is 0 Å². The van der Waals surface area contributed by atoms with Gasteiger partial charge in [-0.25, -0.2) is 0 Å². The molecule has 0 spiro atoms. The van der Waals surface area contributed by atoms with Crippen LogP contribution in [0.5, 0.6) is 0 Å². The van der Waals surface area contributed by atoms with Crippen LogP contribution < -0.4 is 5.73 Å². The fourth-order valence-electron chi connectivity index (χ4n) is 2.37. The maximum Gasteiger partial charge on any atom is 0.303 e. The molecule has 1 atom stereocenters. The van der Waals surface area contributed by atoms with Crippen LogP contribution in [0.4, 0.5) is 0 Å². The van der Waals surface area contributed by atoms with Crippen molar-refractivity contribution in [2.75, 3.05) is 26.8 Å². The number of aliphatic carboxylic acids is 1. The summed E-state index contributed by atoms with van der Waals surface area (Å²) < 4.78 is 4.92. The fourth-order valence-corrected chi connectivity index (χ4v) is 2.37. The van der Waals surface area contributed by atoms with Crippen LogP contribution in [0.15, 0.2) is 0 Å². The summed E-state index contributed by atoms with van der Waals surface area (Å²) in [5.74, 6) is -0.357. The van der Waals surface area contributed by atoms with Gasteiger partial charge in [0.2, 0.25) is 5.91 Å². The summed E-state index contributed by atoms with van der Waals surface area (Å²) in [5.41, 5.74) is 5.82. The number of carbonyl (C=O) groups is 2. The molecule has 3 N–H and O–H groups in total. The molecule has 0 bridgehead atoms. The molecule has 0 aliphatic carbocycles. The molecule has 1 heterocycles. The van der Waals surface area contributed by atoms with Crippen molar-refractivity contribution in [2.45, 2.75) is 38.1 Å². The monoisotopic (exact) mass is 272 g/mol. The van der Waals surface area contributed by atoms with Crippen LogP contribution in [0.2, 0.25) is 0 Å². The van der Waals surface area contributed by atoms with E-state index in [2.05, 4.69) is 0 Å². The zero-order chi connectivity index (χ0) is 14.3. The first-order valence-corrected chi connectivity index (χ1v) is 6.79. The van der Waals surface area contributed by atoms with E-state index in [-0.39, 0.29) is 12.3 Å². The third-order valence-electron chi connectivity index (χ3n) is 3.64. The lowest BCUT2D eigenvalue weighted by Crippen LogP contribution is -2.47. The number of likely N-dealkylation sites (tertiary alicyclic amines) is 1. The molecule has 6 nitrogen and oxygen atoms in total. The number of methoxy groups -OCH3 is 1. The second-order valence-corrected chi connectivity index (χ2v) is 5.09. The Morgan fingerprint density at radius 3 is 2.58 bits per heavy atom. The molecule has 0 aromatic heterocycles. The van der Waals surface area contributed by atoms with Gasteiger partial charge >= 0.3 is 5.97 Å². The Bertz CT molecular complexity index is 301. The van der Waals surface area contributed by atoms with Gasteiger partial charge in [0.1, 0.15) is 0 Å². The second-order valence-electron chi connectivity index (χ2n) is 5.09. The molecule has 0 aromatic rings. The minimum atomic E-state index is -0.750. The van der Waals surface area contributed by atoms with Gasteiger partial charge in [-0.2, -0.15) is 0 Å². The molecule has 1 unspecified atom stereocenters. The second kappa shape index (κ2) is 8.12. The number of nitrogens with zero attached hydrogens (tertiary/aromatic N) is 1. The van der Waals surface area contributed by atoms with Gasteiger partial charge in [0.15, 0.2) is 0 Å². The molecule has 0 saturated carbocycles. The van der Waals surface area contributed by atoms with Gasteiger partial charge in [0.05, 0.1) is 6.04 Å². The summed E-state index contributed by atoms with van der Waals surface area (Å²) >= 11 is 0. The topological polar surface area (TPSA) is 92.9 Å².